The van der Waals surface area contributed by atoms with Gasteiger partial charge in [-0.2, -0.15) is 0 Å². The Kier molecular flexibility index (Phi) is 6.26. The number of rotatable bonds is 6. The van der Waals surface area contributed by atoms with Gasteiger partial charge in [0, 0.05) is 25.2 Å². The van der Waals surface area contributed by atoms with Gasteiger partial charge in [-0.25, -0.2) is 0 Å². The van der Waals surface area contributed by atoms with Gasteiger partial charge in [0.05, 0.1) is 13.2 Å². The summed E-state index contributed by atoms with van der Waals surface area (Å²) in [5, 5.41) is 4.10. The molecule has 0 spiro atoms. The van der Waals surface area contributed by atoms with Gasteiger partial charge < -0.3 is 15.3 Å². The minimum Gasteiger partial charge on any atom is -0.389 e. The molecule has 5 nitrogen and oxygen atoms in total. The highest BCUT2D eigenvalue weighted by Gasteiger charge is 2.11. The number of nitrogens with two attached hydrogens (primary N) is 1. The molecule has 3 rings (SSSR count). The smallest absolute Gasteiger partial charge is 0.170 e. The number of oxime groups is 1. The van der Waals surface area contributed by atoms with Crippen LogP contribution < -0.4 is 5.73 Å². The molecule has 2 N–H and O–H groups in total. The Morgan fingerprint density at radius 1 is 1.08 bits per heavy atom. The molecule has 1 saturated heterocycles. The maximum Gasteiger partial charge on any atom is 0.170 e. The SMILES string of the molecule is Cc1cc(C)cc(CON=C(N)c2cccc(CN3CCOCC3)c2)c1. The third-order valence-electron chi connectivity index (χ3n) is 4.41. The van der Waals surface area contributed by atoms with Crippen LogP contribution in [0.15, 0.2) is 47.6 Å². The topological polar surface area (TPSA) is 60.1 Å². The molecule has 2 aromatic carbocycles. The van der Waals surface area contributed by atoms with E-state index in [0.29, 0.717) is 12.4 Å². The number of amidine groups is 1. The first-order chi connectivity index (χ1) is 12.6. The lowest BCUT2D eigenvalue weighted by Crippen LogP contribution is -2.35. The Bertz CT molecular complexity index is 747. The molecule has 2 aromatic rings. The molecule has 0 atom stereocenters. The maximum absolute atomic E-state index is 6.11. The Hall–Kier alpha value is -2.37. The molecule has 0 aromatic heterocycles. The lowest BCUT2D eigenvalue weighted by Gasteiger charge is -2.26. The maximum atomic E-state index is 6.11. The van der Waals surface area contributed by atoms with E-state index in [9.17, 15) is 0 Å². The summed E-state index contributed by atoms with van der Waals surface area (Å²) in [6.07, 6.45) is 0. The van der Waals surface area contributed by atoms with Gasteiger partial charge >= 0.3 is 0 Å². The van der Waals surface area contributed by atoms with Crippen molar-refractivity contribution in [3.63, 3.8) is 0 Å². The van der Waals surface area contributed by atoms with Crippen LogP contribution in [0, 0.1) is 13.8 Å². The fraction of sp³-hybridized carbons (Fsp3) is 0.381. The average Bonchev–Trinajstić information content (AvgIpc) is 2.62. The van der Waals surface area contributed by atoms with Crippen molar-refractivity contribution in [2.45, 2.75) is 27.0 Å². The molecule has 138 valence electrons. The van der Waals surface area contributed by atoms with Crippen molar-refractivity contribution in [3.05, 3.63) is 70.3 Å². The second-order valence-electron chi connectivity index (χ2n) is 6.83. The van der Waals surface area contributed by atoms with E-state index in [1.807, 2.05) is 12.1 Å². The largest absolute Gasteiger partial charge is 0.389 e. The molecular formula is C21H27N3O2. The molecule has 1 heterocycles. The van der Waals surface area contributed by atoms with E-state index in [4.69, 9.17) is 15.3 Å². The zero-order chi connectivity index (χ0) is 18.4. The van der Waals surface area contributed by atoms with E-state index in [1.54, 1.807) is 0 Å². The molecule has 0 unspecified atom stereocenters. The summed E-state index contributed by atoms with van der Waals surface area (Å²) in [5.74, 6) is 0.401. The number of benzene rings is 2. The number of morpholine rings is 1. The normalized spacial score (nSPS) is 15.8. The van der Waals surface area contributed by atoms with Gasteiger partial charge in [-0.3, -0.25) is 4.90 Å². The molecule has 0 radical (unpaired) electrons. The fourth-order valence-electron chi connectivity index (χ4n) is 3.23. The predicted molar refractivity (Wildman–Crippen MR) is 104 cm³/mol. The van der Waals surface area contributed by atoms with Crippen LogP contribution in [0.1, 0.15) is 27.8 Å². The van der Waals surface area contributed by atoms with E-state index < -0.39 is 0 Å². The van der Waals surface area contributed by atoms with Crippen molar-refractivity contribution >= 4 is 5.84 Å². The summed E-state index contributed by atoms with van der Waals surface area (Å²) in [4.78, 5) is 7.85. The van der Waals surface area contributed by atoms with Crippen LogP contribution in [0.5, 0.6) is 0 Å². The number of nitrogens with zero attached hydrogens (tertiary/aromatic N) is 2. The summed E-state index contributed by atoms with van der Waals surface area (Å²) in [7, 11) is 0. The first-order valence-corrected chi connectivity index (χ1v) is 9.02. The standard InChI is InChI=1S/C21H27N3O2/c1-16-10-17(2)12-19(11-16)15-26-23-21(22)20-5-3-4-18(13-20)14-24-6-8-25-9-7-24/h3-5,10-13H,6-9,14-15H2,1-2H3,(H2,22,23). The zero-order valence-corrected chi connectivity index (χ0v) is 15.6. The second kappa shape index (κ2) is 8.83. The van der Waals surface area contributed by atoms with Gasteiger partial charge in [-0.05, 0) is 31.0 Å². The van der Waals surface area contributed by atoms with E-state index >= 15 is 0 Å². The van der Waals surface area contributed by atoms with Crippen molar-refractivity contribution in [1.29, 1.82) is 0 Å². The minimum atomic E-state index is 0.401. The van der Waals surface area contributed by atoms with Crippen LogP contribution in [0.3, 0.4) is 0 Å². The Morgan fingerprint density at radius 3 is 2.54 bits per heavy atom. The van der Waals surface area contributed by atoms with Gasteiger partial charge in [0.15, 0.2) is 5.84 Å². The van der Waals surface area contributed by atoms with Crippen LogP contribution in [0.4, 0.5) is 0 Å². The van der Waals surface area contributed by atoms with Crippen LogP contribution in [0.2, 0.25) is 0 Å². The van der Waals surface area contributed by atoms with Crippen molar-refractivity contribution < 1.29 is 9.57 Å². The van der Waals surface area contributed by atoms with Gasteiger partial charge in [-0.15, -0.1) is 0 Å². The zero-order valence-electron chi connectivity index (χ0n) is 15.6. The number of ether oxygens (including phenoxy) is 1. The van der Waals surface area contributed by atoms with Crippen LogP contribution in [-0.2, 0) is 22.7 Å². The lowest BCUT2D eigenvalue weighted by molar-refractivity contribution is 0.0342. The van der Waals surface area contributed by atoms with E-state index in [0.717, 1.165) is 44.0 Å². The first kappa shape index (κ1) is 18.4. The van der Waals surface area contributed by atoms with E-state index in [1.165, 1.54) is 16.7 Å². The fourth-order valence-corrected chi connectivity index (χ4v) is 3.23. The quantitative estimate of drug-likeness (QED) is 0.493. The van der Waals surface area contributed by atoms with E-state index in [2.05, 4.69) is 54.2 Å². The van der Waals surface area contributed by atoms with Gasteiger partial charge in [0.2, 0.25) is 0 Å². The number of hydrogen-bond acceptors (Lipinski definition) is 4. The first-order valence-electron chi connectivity index (χ1n) is 9.02. The molecule has 1 fully saturated rings. The molecule has 0 saturated carbocycles. The Balaban J connectivity index is 1.60. The summed E-state index contributed by atoms with van der Waals surface area (Å²) in [6.45, 7) is 9.00. The third kappa shape index (κ3) is 5.31. The molecule has 1 aliphatic rings. The number of hydrogen-bond donors (Lipinski definition) is 1. The molecule has 26 heavy (non-hydrogen) atoms. The Morgan fingerprint density at radius 2 is 1.81 bits per heavy atom. The van der Waals surface area contributed by atoms with Crippen molar-refractivity contribution in [2.24, 2.45) is 10.9 Å². The summed E-state index contributed by atoms with van der Waals surface area (Å²) >= 11 is 0. The number of aryl methyl sites for hydroxylation is 2. The summed E-state index contributed by atoms with van der Waals surface area (Å²) in [6, 6.07) is 14.5. The molecule has 0 bridgehead atoms. The highest BCUT2D eigenvalue weighted by Crippen LogP contribution is 2.12. The highest BCUT2D eigenvalue weighted by molar-refractivity contribution is 5.97. The average molecular weight is 353 g/mol. The van der Waals surface area contributed by atoms with Gasteiger partial charge in [-0.1, -0.05) is 52.7 Å². The van der Waals surface area contributed by atoms with E-state index in [-0.39, 0.29) is 0 Å². The van der Waals surface area contributed by atoms with Gasteiger partial charge in [0.25, 0.3) is 0 Å². The molecule has 1 aliphatic heterocycles. The molecule has 5 heteroatoms. The predicted octanol–water partition coefficient (Wildman–Crippen LogP) is 2.97. The van der Waals surface area contributed by atoms with Crippen LogP contribution in [0.25, 0.3) is 0 Å². The lowest BCUT2D eigenvalue weighted by atomic mass is 10.1. The van der Waals surface area contributed by atoms with Gasteiger partial charge in [0.1, 0.15) is 6.61 Å². The van der Waals surface area contributed by atoms with Crippen molar-refractivity contribution in [2.75, 3.05) is 26.3 Å². The van der Waals surface area contributed by atoms with Crippen molar-refractivity contribution in [3.8, 4) is 0 Å². The minimum absolute atomic E-state index is 0.401. The van der Waals surface area contributed by atoms with Crippen LogP contribution in [-0.4, -0.2) is 37.0 Å². The van der Waals surface area contributed by atoms with Crippen LogP contribution >= 0.6 is 0 Å². The molecular weight excluding hydrogens is 326 g/mol. The third-order valence-corrected chi connectivity index (χ3v) is 4.41. The van der Waals surface area contributed by atoms with Crippen molar-refractivity contribution in [1.82, 2.24) is 4.90 Å². The monoisotopic (exact) mass is 353 g/mol. The highest BCUT2D eigenvalue weighted by atomic mass is 16.6. The Labute approximate surface area is 155 Å². The molecule has 0 aliphatic carbocycles. The molecule has 0 amide bonds. The summed E-state index contributed by atoms with van der Waals surface area (Å²) in [5.41, 5.74) is 11.8. The summed E-state index contributed by atoms with van der Waals surface area (Å²) < 4.78 is 5.40. The second-order valence-corrected chi connectivity index (χ2v) is 6.83.